The normalized spacial score (nSPS) is 15.8. The van der Waals surface area contributed by atoms with Crippen molar-refractivity contribution in [2.24, 2.45) is 5.73 Å². The highest BCUT2D eigenvalue weighted by molar-refractivity contribution is 7.93. The molecule has 0 spiro atoms. The monoisotopic (exact) mass is 256 g/mol. The average molecular weight is 256 g/mol. The summed E-state index contributed by atoms with van der Waals surface area (Å²) in [7, 11) is -3.22. The molecule has 0 bridgehead atoms. The molecule has 1 fully saturated rings. The number of benzene rings is 1. The van der Waals surface area contributed by atoms with E-state index < -0.39 is 10.0 Å². The molecule has 0 amide bonds. The molecule has 1 saturated carbocycles. The Morgan fingerprint density at radius 1 is 1.44 bits per heavy atom. The second-order valence-electron chi connectivity index (χ2n) is 3.79. The summed E-state index contributed by atoms with van der Waals surface area (Å²) in [6.07, 6.45) is 1.48. The molecule has 3 N–H and O–H groups in total. The molecule has 0 atom stereocenters. The van der Waals surface area contributed by atoms with Crippen LogP contribution in [0.5, 0.6) is 0 Å². The van der Waals surface area contributed by atoms with E-state index in [0.717, 1.165) is 12.8 Å². The van der Waals surface area contributed by atoms with E-state index in [9.17, 15) is 8.42 Å². The second-order valence-corrected chi connectivity index (χ2v) is 6.19. The Kier molecular flexibility index (Phi) is 2.86. The van der Waals surface area contributed by atoms with Crippen molar-refractivity contribution >= 4 is 32.9 Å². The Morgan fingerprint density at radius 2 is 2.12 bits per heavy atom. The Labute approximate surface area is 99.9 Å². The molecular formula is C10H12N2O2S2. The fourth-order valence-corrected chi connectivity index (χ4v) is 2.87. The van der Waals surface area contributed by atoms with Gasteiger partial charge in [-0.25, -0.2) is 8.42 Å². The van der Waals surface area contributed by atoms with Gasteiger partial charge >= 0.3 is 0 Å². The van der Waals surface area contributed by atoms with Crippen LogP contribution >= 0.6 is 12.2 Å². The summed E-state index contributed by atoms with van der Waals surface area (Å²) < 4.78 is 25.9. The van der Waals surface area contributed by atoms with Crippen molar-refractivity contribution in [1.29, 1.82) is 0 Å². The van der Waals surface area contributed by atoms with Crippen LogP contribution in [0.3, 0.4) is 0 Å². The van der Waals surface area contributed by atoms with Crippen LogP contribution in [0.2, 0.25) is 0 Å². The zero-order chi connectivity index (χ0) is 11.8. The molecule has 2 rings (SSSR count). The molecule has 1 aromatic carbocycles. The van der Waals surface area contributed by atoms with E-state index in [4.69, 9.17) is 18.0 Å². The van der Waals surface area contributed by atoms with Gasteiger partial charge in [0.1, 0.15) is 4.99 Å². The molecule has 0 aromatic heterocycles. The van der Waals surface area contributed by atoms with Gasteiger partial charge in [0, 0.05) is 11.3 Å². The Balaban J connectivity index is 2.21. The number of anilines is 1. The number of sulfonamides is 1. The quantitative estimate of drug-likeness (QED) is 0.795. The van der Waals surface area contributed by atoms with Gasteiger partial charge in [-0.15, -0.1) is 0 Å². The zero-order valence-electron chi connectivity index (χ0n) is 8.51. The first kappa shape index (κ1) is 11.3. The van der Waals surface area contributed by atoms with Crippen LogP contribution in [0, 0.1) is 0 Å². The fraction of sp³-hybridized carbons (Fsp3) is 0.300. The maximum atomic E-state index is 11.7. The summed E-state index contributed by atoms with van der Waals surface area (Å²) in [4.78, 5) is 0.257. The van der Waals surface area contributed by atoms with Crippen LogP contribution in [0.15, 0.2) is 24.3 Å². The number of rotatable bonds is 4. The molecule has 0 saturated heterocycles. The van der Waals surface area contributed by atoms with Gasteiger partial charge in [-0.3, -0.25) is 4.72 Å². The first-order valence-corrected chi connectivity index (χ1v) is 6.86. The third-order valence-electron chi connectivity index (χ3n) is 2.37. The molecule has 0 radical (unpaired) electrons. The van der Waals surface area contributed by atoms with E-state index in [-0.39, 0.29) is 10.2 Å². The van der Waals surface area contributed by atoms with Crippen molar-refractivity contribution in [2.45, 2.75) is 18.1 Å². The summed E-state index contributed by atoms with van der Waals surface area (Å²) in [5.74, 6) is 0. The van der Waals surface area contributed by atoms with E-state index in [0.29, 0.717) is 11.3 Å². The number of thiocarbonyl (C=S) groups is 1. The van der Waals surface area contributed by atoms with E-state index in [1.807, 2.05) is 0 Å². The third-order valence-corrected chi connectivity index (χ3v) is 4.48. The minimum absolute atomic E-state index is 0.235. The molecule has 1 aliphatic carbocycles. The van der Waals surface area contributed by atoms with Crippen molar-refractivity contribution in [3.63, 3.8) is 0 Å². The van der Waals surface area contributed by atoms with Crippen molar-refractivity contribution in [3.05, 3.63) is 29.8 Å². The minimum Gasteiger partial charge on any atom is -0.389 e. The molecule has 1 aliphatic rings. The Morgan fingerprint density at radius 3 is 2.69 bits per heavy atom. The molecule has 0 heterocycles. The standard InChI is InChI=1S/C10H12N2O2S2/c11-10(15)7-2-1-3-8(6-7)12-16(13,14)9-4-5-9/h1-3,6,9,12H,4-5H2,(H2,11,15). The van der Waals surface area contributed by atoms with Gasteiger partial charge in [0.25, 0.3) is 0 Å². The third kappa shape index (κ3) is 2.51. The molecule has 6 heteroatoms. The summed E-state index contributed by atoms with van der Waals surface area (Å²) in [6, 6.07) is 6.79. The smallest absolute Gasteiger partial charge is 0.235 e. The number of nitrogens with two attached hydrogens (primary N) is 1. The lowest BCUT2D eigenvalue weighted by Gasteiger charge is -2.07. The Hall–Kier alpha value is -1.14. The Bertz CT molecular complexity index is 521. The van der Waals surface area contributed by atoms with E-state index in [2.05, 4.69) is 4.72 Å². The van der Waals surface area contributed by atoms with Crippen LogP contribution < -0.4 is 10.5 Å². The predicted molar refractivity (Wildman–Crippen MR) is 67.9 cm³/mol. The van der Waals surface area contributed by atoms with Gasteiger partial charge in [0.15, 0.2) is 0 Å². The second kappa shape index (κ2) is 4.03. The van der Waals surface area contributed by atoms with Crippen molar-refractivity contribution in [3.8, 4) is 0 Å². The SMILES string of the molecule is NC(=S)c1cccc(NS(=O)(=O)C2CC2)c1. The van der Waals surface area contributed by atoms with Gasteiger partial charge < -0.3 is 5.73 Å². The van der Waals surface area contributed by atoms with E-state index in [1.165, 1.54) is 0 Å². The summed E-state index contributed by atoms with van der Waals surface area (Å²) in [6.45, 7) is 0. The van der Waals surface area contributed by atoms with Gasteiger partial charge in [-0.2, -0.15) is 0 Å². The number of nitrogens with one attached hydrogen (secondary N) is 1. The summed E-state index contributed by atoms with van der Waals surface area (Å²) in [5, 5.41) is -0.235. The van der Waals surface area contributed by atoms with Crippen LogP contribution in [0.4, 0.5) is 5.69 Å². The number of hydrogen-bond acceptors (Lipinski definition) is 3. The maximum Gasteiger partial charge on any atom is 0.235 e. The lowest BCUT2D eigenvalue weighted by atomic mass is 10.2. The van der Waals surface area contributed by atoms with Crippen LogP contribution in [-0.2, 0) is 10.0 Å². The highest BCUT2D eigenvalue weighted by Crippen LogP contribution is 2.29. The maximum absolute atomic E-state index is 11.7. The van der Waals surface area contributed by atoms with Crippen molar-refractivity contribution in [2.75, 3.05) is 4.72 Å². The van der Waals surface area contributed by atoms with Crippen molar-refractivity contribution < 1.29 is 8.42 Å². The first-order valence-electron chi connectivity index (χ1n) is 4.90. The molecule has 1 aromatic rings. The van der Waals surface area contributed by atoms with Gasteiger partial charge in [0.05, 0.1) is 5.25 Å². The van der Waals surface area contributed by atoms with Crippen LogP contribution in [0.1, 0.15) is 18.4 Å². The van der Waals surface area contributed by atoms with Gasteiger partial charge in [0.2, 0.25) is 10.0 Å². The molecule has 16 heavy (non-hydrogen) atoms. The molecule has 4 nitrogen and oxygen atoms in total. The topological polar surface area (TPSA) is 72.2 Å². The van der Waals surface area contributed by atoms with Crippen LogP contribution in [0.25, 0.3) is 0 Å². The molecular weight excluding hydrogens is 244 g/mol. The van der Waals surface area contributed by atoms with Gasteiger partial charge in [-0.1, -0.05) is 24.4 Å². The lowest BCUT2D eigenvalue weighted by Crippen LogP contribution is -2.18. The van der Waals surface area contributed by atoms with E-state index in [1.54, 1.807) is 24.3 Å². The number of hydrogen-bond donors (Lipinski definition) is 2. The predicted octanol–water partition coefficient (Wildman–Crippen LogP) is 1.22. The molecule has 0 unspecified atom stereocenters. The largest absolute Gasteiger partial charge is 0.389 e. The fourth-order valence-electron chi connectivity index (χ4n) is 1.36. The molecule has 86 valence electrons. The highest BCUT2D eigenvalue weighted by Gasteiger charge is 2.35. The summed E-state index contributed by atoms with van der Waals surface area (Å²) >= 11 is 4.83. The minimum atomic E-state index is -3.22. The molecule has 0 aliphatic heterocycles. The van der Waals surface area contributed by atoms with E-state index >= 15 is 0 Å². The highest BCUT2D eigenvalue weighted by atomic mass is 32.2. The average Bonchev–Trinajstić information content (AvgIpc) is 3.00. The first-order chi connectivity index (χ1) is 7.49. The van der Waals surface area contributed by atoms with Crippen LogP contribution in [-0.4, -0.2) is 18.7 Å². The summed E-state index contributed by atoms with van der Waals surface area (Å²) in [5.41, 5.74) is 6.64. The van der Waals surface area contributed by atoms with Crippen molar-refractivity contribution in [1.82, 2.24) is 0 Å². The lowest BCUT2D eigenvalue weighted by molar-refractivity contribution is 0.600. The van der Waals surface area contributed by atoms with Gasteiger partial charge in [-0.05, 0) is 25.0 Å². The zero-order valence-corrected chi connectivity index (χ0v) is 10.1.